The summed E-state index contributed by atoms with van der Waals surface area (Å²) in [6.07, 6.45) is 2.63. The normalized spacial score (nSPS) is 16.6. The molecular formula is C8H7ClOS. The summed E-state index contributed by atoms with van der Waals surface area (Å²) in [7, 11) is 0. The van der Waals surface area contributed by atoms with Crippen molar-refractivity contribution >= 4 is 28.7 Å². The van der Waals surface area contributed by atoms with E-state index < -0.39 is 0 Å². The Balaban J connectivity index is 2.55. The molecule has 0 fully saturated rings. The third kappa shape index (κ3) is 1.10. The molecule has 0 aliphatic heterocycles. The quantitative estimate of drug-likeness (QED) is 0.609. The lowest BCUT2D eigenvalue weighted by molar-refractivity contribution is 0.0973. The Morgan fingerprint density at radius 3 is 3.00 bits per heavy atom. The lowest BCUT2D eigenvalue weighted by Crippen LogP contribution is -2.07. The van der Waals surface area contributed by atoms with Crippen LogP contribution in [0.25, 0.3) is 0 Å². The number of hydrogen-bond donors (Lipinski definition) is 0. The molecule has 1 nitrogen and oxygen atoms in total. The molecule has 0 amide bonds. The second kappa shape index (κ2) is 2.61. The maximum Gasteiger partial charge on any atom is 0.164 e. The predicted molar refractivity (Wildman–Crippen MR) is 46.6 cm³/mol. The van der Waals surface area contributed by atoms with Crippen LogP contribution in [0.2, 0.25) is 4.34 Å². The number of halogens is 1. The van der Waals surface area contributed by atoms with Crippen molar-refractivity contribution in [1.29, 1.82) is 0 Å². The first-order chi connectivity index (χ1) is 5.29. The van der Waals surface area contributed by atoms with Crippen LogP contribution in [-0.4, -0.2) is 5.78 Å². The molecular weight excluding hydrogens is 180 g/mol. The summed E-state index contributed by atoms with van der Waals surface area (Å²) < 4.78 is 0.799. The predicted octanol–water partition coefficient (Wildman–Crippen LogP) is 2.92. The molecule has 2 rings (SSSR count). The van der Waals surface area contributed by atoms with E-state index >= 15 is 0 Å². The highest BCUT2D eigenvalue weighted by Gasteiger charge is 2.20. The monoisotopic (exact) mass is 186 g/mol. The van der Waals surface area contributed by atoms with Gasteiger partial charge in [-0.25, -0.2) is 0 Å². The number of Topliss-reactive ketones (excluding diaryl/α,β-unsaturated/α-hetero) is 1. The van der Waals surface area contributed by atoms with Gasteiger partial charge in [-0.05, 0) is 18.4 Å². The molecule has 0 spiro atoms. The van der Waals surface area contributed by atoms with Gasteiger partial charge < -0.3 is 0 Å². The molecule has 1 aliphatic rings. The number of ketones is 1. The van der Waals surface area contributed by atoms with Gasteiger partial charge in [-0.15, -0.1) is 11.3 Å². The van der Waals surface area contributed by atoms with E-state index in [4.69, 9.17) is 11.6 Å². The number of hydrogen-bond acceptors (Lipinski definition) is 2. The summed E-state index contributed by atoms with van der Waals surface area (Å²) in [6, 6.07) is 0. The summed E-state index contributed by atoms with van der Waals surface area (Å²) in [5, 5.41) is 1.87. The van der Waals surface area contributed by atoms with Crippen LogP contribution in [-0.2, 0) is 6.42 Å². The fourth-order valence-corrected chi connectivity index (χ4v) is 2.57. The Labute approximate surface area is 74.0 Å². The lowest BCUT2D eigenvalue weighted by Gasteiger charge is -2.09. The molecule has 0 aromatic carbocycles. The Morgan fingerprint density at radius 1 is 1.45 bits per heavy atom. The second-order valence-corrected chi connectivity index (χ2v) is 4.16. The lowest BCUT2D eigenvalue weighted by atomic mass is 9.95. The maximum absolute atomic E-state index is 11.2. The van der Waals surface area contributed by atoms with E-state index in [-0.39, 0.29) is 5.78 Å². The first kappa shape index (κ1) is 7.32. The topological polar surface area (TPSA) is 17.1 Å². The van der Waals surface area contributed by atoms with Gasteiger partial charge in [0.1, 0.15) is 0 Å². The zero-order valence-electron chi connectivity index (χ0n) is 5.89. The average Bonchev–Trinajstić information content (AvgIpc) is 2.35. The number of rotatable bonds is 0. The van der Waals surface area contributed by atoms with E-state index in [9.17, 15) is 4.79 Å². The maximum atomic E-state index is 11.2. The SMILES string of the molecule is O=C1CCCc2c1csc2Cl. The summed E-state index contributed by atoms with van der Waals surface area (Å²) in [5.41, 5.74) is 1.94. The number of fused-ring (bicyclic) bond motifs is 1. The van der Waals surface area contributed by atoms with Gasteiger partial charge in [-0.3, -0.25) is 4.79 Å². The second-order valence-electron chi connectivity index (χ2n) is 2.68. The van der Waals surface area contributed by atoms with Crippen molar-refractivity contribution in [2.75, 3.05) is 0 Å². The van der Waals surface area contributed by atoms with Crippen LogP contribution >= 0.6 is 22.9 Å². The fraction of sp³-hybridized carbons (Fsp3) is 0.375. The van der Waals surface area contributed by atoms with Crippen LogP contribution in [0.3, 0.4) is 0 Å². The molecule has 0 atom stereocenters. The van der Waals surface area contributed by atoms with Gasteiger partial charge in [-0.1, -0.05) is 11.6 Å². The molecule has 58 valence electrons. The Bertz CT molecular complexity index is 303. The highest BCUT2D eigenvalue weighted by atomic mass is 35.5. The van der Waals surface area contributed by atoms with Crippen molar-refractivity contribution in [2.24, 2.45) is 0 Å². The minimum absolute atomic E-state index is 0.259. The van der Waals surface area contributed by atoms with Crippen LogP contribution in [0.15, 0.2) is 5.38 Å². The Morgan fingerprint density at radius 2 is 2.27 bits per heavy atom. The van der Waals surface area contributed by atoms with Crippen LogP contribution in [0.5, 0.6) is 0 Å². The molecule has 1 heterocycles. The van der Waals surface area contributed by atoms with E-state index in [0.717, 1.165) is 28.3 Å². The molecule has 0 unspecified atom stereocenters. The first-order valence-corrected chi connectivity index (χ1v) is 4.84. The van der Waals surface area contributed by atoms with E-state index in [0.29, 0.717) is 6.42 Å². The highest BCUT2D eigenvalue weighted by molar-refractivity contribution is 7.14. The van der Waals surface area contributed by atoms with Crippen molar-refractivity contribution in [2.45, 2.75) is 19.3 Å². The van der Waals surface area contributed by atoms with Crippen LogP contribution in [0.1, 0.15) is 28.8 Å². The van der Waals surface area contributed by atoms with Gasteiger partial charge in [0, 0.05) is 17.4 Å². The Hall–Kier alpha value is -0.340. The van der Waals surface area contributed by atoms with Crippen LogP contribution in [0.4, 0.5) is 0 Å². The minimum atomic E-state index is 0.259. The van der Waals surface area contributed by atoms with Gasteiger partial charge in [0.2, 0.25) is 0 Å². The molecule has 3 heteroatoms. The highest BCUT2D eigenvalue weighted by Crippen LogP contribution is 2.32. The number of thiophene rings is 1. The average molecular weight is 187 g/mol. The molecule has 0 N–H and O–H groups in total. The smallest absolute Gasteiger partial charge is 0.164 e. The number of carbonyl (C=O) groups is 1. The molecule has 1 aromatic rings. The van der Waals surface area contributed by atoms with E-state index in [1.165, 1.54) is 11.3 Å². The van der Waals surface area contributed by atoms with E-state index in [1.807, 2.05) is 5.38 Å². The summed E-state index contributed by atoms with van der Waals surface area (Å²) in [4.78, 5) is 11.2. The molecule has 1 aliphatic carbocycles. The van der Waals surface area contributed by atoms with Gasteiger partial charge >= 0.3 is 0 Å². The van der Waals surface area contributed by atoms with E-state index in [2.05, 4.69) is 0 Å². The van der Waals surface area contributed by atoms with Crippen molar-refractivity contribution in [3.63, 3.8) is 0 Å². The molecule has 0 saturated carbocycles. The third-order valence-corrected chi connectivity index (χ3v) is 3.28. The van der Waals surface area contributed by atoms with Gasteiger partial charge in [0.25, 0.3) is 0 Å². The summed E-state index contributed by atoms with van der Waals surface area (Å²) >= 11 is 7.36. The molecule has 11 heavy (non-hydrogen) atoms. The molecule has 0 saturated heterocycles. The van der Waals surface area contributed by atoms with Crippen LogP contribution < -0.4 is 0 Å². The summed E-state index contributed by atoms with van der Waals surface area (Å²) in [6.45, 7) is 0. The summed E-state index contributed by atoms with van der Waals surface area (Å²) in [5.74, 6) is 0.259. The minimum Gasteiger partial charge on any atom is -0.294 e. The molecule has 0 bridgehead atoms. The largest absolute Gasteiger partial charge is 0.294 e. The fourth-order valence-electron chi connectivity index (χ4n) is 1.39. The van der Waals surface area contributed by atoms with Gasteiger partial charge in [-0.2, -0.15) is 0 Å². The molecule has 0 radical (unpaired) electrons. The number of carbonyl (C=O) groups excluding carboxylic acids is 1. The molecule has 1 aromatic heterocycles. The zero-order valence-corrected chi connectivity index (χ0v) is 7.47. The van der Waals surface area contributed by atoms with Crippen molar-refractivity contribution < 1.29 is 4.79 Å². The van der Waals surface area contributed by atoms with Crippen molar-refractivity contribution in [3.05, 3.63) is 20.8 Å². The van der Waals surface area contributed by atoms with E-state index in [1.54, 1.807) is 0 Å². The van der Waals surface area contributed by atoms with Gasteiger partial charge in [0.05, 0.1) is 4.34 Å². The van der Waals surface area contributed by atoms with Crippen molar-refractivity contribution in [1.82, 2.24) is 0 Å². The Kier molecular flexibility index (Phi) is 1.74. The standard InChI is InChI=1S/C8H7ClOS/c9-8-5-2-1-3-7(10)6(5)4-11-8/h4H,1-3H2. The van der Waals surface area contributed by atoms with Crippen molar-refractivity contribution in [3.8, 4) is 0 Å². The van der Waals surface area contributed by atoms with Gasteiger partial charge in [0.15, 0.2) is 5.78 Å². The zero-order chi connectivity index (χ0) is 7.84. The third-order valence-electron chi connectivity index (χ3n) is 1.97. The first-order valence-electron chi connectivity index (χ1n) is 3.58. The van der Waals surface area contributed by atoms with Crippen LogP contribution in [0, 0.1) is 0 Å².